The largest absolute Gasteiger partial charge is 0.497 e. The zero-order valence-corrected chi connectivity index (χ0v) is 25.2. The average molecular weight is 644 g/mol. The molecule has 0 saturated heterocycles. The lowest BCUT2D eigenvalue weighted by molar-refractivity contribution is -0.122. The van der Waals surface area contributed by atoms with Crippen molar-refractivity contribution in [3.05, 3.63) is 96.0 Å². The van der Waals surface area contributed by atoms with Gasteiger partial charge < -0.3 is 19.5 Å². The highest BCUT2D eigenvalue weighted by Gasteiger charge is 2.37. The topological polar surface area (TPSA) is 140 Å². The molecular formula is C29H26ClN3O8S2. The van der Waals surface area contributed by atoms with E-state index < -0.39 is 32.1 Å². The lowest BCUT2D eigenvalue weighted by Crippen LogP contribution is -2.48. The normalized spacial score (nSPS) is 14.7. The summed E-state index contributed by atoms with van der Waals surface area (Å²) in [5.41, 5.74) is 0.783. The molecule has 0 bridgehead atoms. The van der Waals surface area contributed by atoms with E-state index in [4.69, 9.17) is 25.8 Å². The Bertz CT molecular complexity index is 1870. The van der Waals surface area contributed by atoms with E-state index in [1.54, 1.807) is 36.4 Å². The molecule has 0 aromatic heterocycles. The first kappa shape index (κ1) is 30.0. The van der Waals surface area contributed by atoms with Crippen molar-refractivity contribution < 1.29 is 35.8 Å². The van der Waals surface area contributed by atoms with Crippen molar-refractivity contribution in [2.45, 2.75) is 15.9 Å². The molecular weight excluding hydrogens is 618 g/mol. The van der Waals surface area contributed by atoms with Crippen molar-refractivity contribution in [2.75, 3.05) is 35.1 Å². The van der Waals surface area contributed by atoms with Gasteiger partial charge in [-0.1, -0.05) is 23.7 Å². The lowest BCUT2D eigenvalue weighted by Gasteiger charge is -2.34. The maximum absolute atomic E-state index is 13.5. The molecule has 4 aromatic carbocycles. The summed E-state index contributed by atoms with van der Waals surface area (Å²) in [5.74, 6) is 0.361. The first-order valence-corrected chi connectivity index (χ1v) is 16.0. The lowest BCUT2D eigenvalue weighted by atomic mass is 10.2. The molecule has 1 atom stereocenters. The van der Waals surface area contributed by atoms with Crippen LogP contribution in [0.2, 0.25) is 5.02 Å². The van der Waals surface area contributed by atoms with Crippen LogP contribution in [0.4, 0.5) is 17.1 Å². The fourth-order valence-electron chi connectivity index (χ4n) is 4.33. The van der Waals surface area contributed by atoms with E-state index in [-0.39, 0.29) is 44.9 Å². The SMILES string of the molecule is COc1ccc(NS(=O)(=O)c2ccc(NC(=O)[C@@H]3CN(S(=O)(=O)c4ccc(Cl)cc4)c4ccccc4O3)cc2)c(OC)c1. The molecule has 14 heteroatoms. The van der Waals surface area contributed by atoms with E-state index >= 15 is 0 Å². The number of nitrogens with zero attached hydrogens (tertiary/aromatic N) is 1. The zero-order chi connectivity index (χ0) is 30.8. The molecule has 0 aliphatic carbocycles. The minimum atomic E-state index is -4.06. The second-order valence-corrected chi connectivity index (χ2v) is 13.2. The number of sulfonamides is 2. The number of halogens is 1. The van der Waals surface area contributed by atoms with Crippen LogP contribution in [0.15, 0.2) is 101 Å². The number of para-hydroxylation sites is 2. The summed E-state index contributed by atoms with van der Waals surface area (Å²) in [6.07, 6.45) is -1.20. The van der Waals surface area contributed by atoms with Crippen LogP contribution in [0.25, 0.3) is 0 Å². The predicted molar refractivity (Wildman–Crippen MR) is 162 cm³/mol. The standard InChI is InChI=1S/C29H26ClN3O8S2/c1-39-21-11-16-24(27(17-21)40-2)32-42(35,36)22-14-9-20(10-15-22)31-29(34)28-18-33(25-5-3-4-6-26(25)41-28)43(37,38)23-12-7-19(30)8-13-23/h3-17,28,32H,18H2,1-2H3,(H,31,34)/t28-/m0/s1. The molecule has 4 aromatic rings. The number of methoxy groups -OCH3 is 2. The molecule has 0 radical (unpaired) electrons. The molecule has 1 aliphatic heterocycles. The maximum Gasteiger partial charge on any atom is 0.267 e. The van der Waals surface area contributed by atoms with Gasteiger partial charge in [0.2, 0.25) is 0 Å². The van der Waals surface area contributed by atoms with E-state index in [0.717, 1.165) is 4.31 Å². The Kier molecular flexibility index (Phi) is 8.40. The third-order valence-electron chi connectivity index (χ3n) is 6.51. The summed E-state index contributed by atoms with van der Waals surface area (Å²) in [7, 11) is -5.18. The van der Waals surface area contributed by atoms with E-state index in [2.05, 4.69) is 10.0 Å². The predicted octanol–water partition coefficient (Wildman–Crippen LogP) is 4.75. The summed E-state index contributed by atoms with van der Waals surface area (Å²) in [4.78, 5) is 13.2. The van der Waals surface area contributed by atoms with Gasteiger partial charge >= 0.3 is 0 Å². The summed E-state index contributed by atoms with van der Waals surface area (Å²) < 4.78 is 73.0. The smallest absolute Gasteiger partial charge is 0.267 e. The minimum absolute atomic E-state index is 0.00503. The molecule has 1 aliphatic rings. The number of carbonyl (C=O) groups is 1. The summed E-state index contributed by atoms with van der Waals surface area (Å²) in [6.45, 7) is -0.298. The molecule has 0 unspecified atom stereocenters. The Labute approximate surface area is 254 Å². The van der Waals surface area contributed by atoms with Crippen molar-refractivity contribution in [1.82, 2.24) is 0 Å². The number of rotatable bonds is 9. The van der Waals surface area contributed by atoms with Gasteiger partial charge in [0.25, 0.3) is 26.0 Å². The van der Waals surface area contributed by atoms with Crippen molar-refractivity contribution in [3.8, 4) is 17.2 Å². The van der Waals surface area contributed by atoms with Gasteiger partial charge in [-0.05, 0) is 72.8 Å². The number of hydrogen-bond donors (Lipinski definition) is 2. The van der Waals surface area contributed by atoms with Crippen LogP contribution in [0, 0.1) is 0 Å². The highest BCUT2D eigenvalue weighted by Crippen LogP contribution is 2.37. The molecule has 2 N–H and O–H groups in total. The van der Waals surface area contributed by atoms with Crippen molar-refractivity contribution in [2.24, 2.45) is 0 Å². The molecule has 0 spiro atoms. The van der Waals surface area contributed by atoms with Crippen LogP contribution in [0.1, 0.15) is 0 Å². The first-order chi connectivity index (χ1) is 20.5. The van der Waals surface area contributed by atoms with Gasteiger partial charge in [-0.3, -0.25) is 13.8 Å². The van der Waals surface area contributed by atoms with Gasteiger partial charge in [0.05, 0.1) is 41.9 Å². The molecule has 0 fully saturated rings. The Hall–Kier alpha value is -4.46. The second kappa shape index (κ2) is 12.0. The highest BCUT2D eigenvalue weighted by atomic mass is 35.5. The van der Waals surface area contributed by atoms with Crippen LogP contribution >= 0.6 is 11.6 Å². The van der Waals surface area contributed by atoms with E-state index in [1.807, 2.05) is 0 Å². The maximum atomic E-state index is 13.5. The van der Waals surface area contributed by atoms with E-state index in [9.17, 15) is 21.6 Å². The van der Waals surface area contributed by atoms with Gasteiger partial charge in [-0.2, -0.15) is 0 Å². The quantitative estimate of drug-likeness (QED) is 0.266. The minimum Gasteiger partial charge on any atom is -0.497 e. The van der Waals surface area contributed by atoms with Crippen LogP contribution in [-0.2, 0) is 24.8 Å². The van der Waals surface area contributed by atoms with Crippen molar-refractivity contribution in [3.63, 3.8) is 0 Å². The van der Waals surface area contributed by atoms with Gasteiger partial charge in [0.15, 0.2) is 6.10 Å². The fourth-order valence-corrected chi connectivity index (χ4v) is 7.00. The molecule has 0 saturated carbocycles. The number of carbonyl (C=O) groups excluding carboxylic acids is 1. The van der Waals surface area contributed by atoms with Gasteiger partial charge in [-0.25, -0.2) is 16.8 Å². The van der Waals surface area contributed by atoms with Gasteiger partial charge in [-0.15, -0.1) is 0 Å². The Morgan fingerprint density at radius 3 is 2.23 bits per heavy atom. The first-order valence-electron chi connectivity index (χ1n) is 12.7. The summed E-state index contributed by atoms with van der Waals surface area (Å²) in [6, 6.07) is 22.3. The van der Waals surface area contributed by atoms with Crippen molar-refractivity contribution >= 4 is 54.6 Å². The Morgan fingerprint density at radius 2 is 1.56 bits per heavy atom. The van der Waals surface area contributed by atoms with Crippen LogP contribution in [0.5, 0.6) is 17.2 Å². The molecule has 1 amide bonds. The second-order valence-electron chi connectivity index (χ2n) is 9.25. The fraction of sp³-hybridized carbons (Fsp3) is 0.138. The number of nitrogens with one attached hydrogen (secondary N) is 2. The van der Waals surface area contributed by atoms with Crippen LogP contribution in [-0.4, -0.2) is 49.6 Å². The molecule has 11 nitrogen and oxygen atoms in total. The summed E-state index contributed by atoms with van der Waals surface area (Å²) in [5, 5.41) is 3.05. The number of hydrogen-bond acceptors (Lipinski definition) is 8. The Morgan fingerprint density at radius 1 is 0.884 bits per heavy atom. The van der Waals surface area contributed by atoms with Crippen molar-refractivity contribution in [1.29, 1.82) is 0 Å². The third kappa shape index (κ3) is 6.33. The number of amides is 1. The highest BCUT2D eigenvalue weighted by molar-refractivity contribution is 7.93. The zero-order valence-electron chi connectivity index (χ0n) is 22.9. The van der Waals surface area contributed by atoms with Crippen LogP contribution < -0.4 is 28.6 Å². The molecule has 1 heterocycles. The number of anilines is 3. The third-order valence-corrected chi connectivity index (χ3v) is 9.94. The number of fused-ring (bicyclic) bond motifs is 1. The van der Waals surface area contributed by atoms with Gasteiger partial charge in [0, 0.05) is 16.8 Å². The van der Waals surface area contributed by atoms with E-state index in [0.29, 0.717) is 10.8 Å². The average Bonchev–Trinajstić information content (AvgIpc) is 3.01. The Balaban J connectivity index is 1.33. The monoisotopic (exact) mass is 643 g/mol. The molecule has 224 valence electrons. The van der Waals surface area contributed by atoms with Gasteiger partial charge in [0.1, 0.15) is 17.2 Å². The van der Waals surface area contributed by atoms with Crippen LogP contribution in [0.3, 0.4) is 0 Å². The molecule has 43 heavy (non-hydrogen) atoms. The molecule has 5 rings (SSSR count). The number of benzene rings is 4. The summed E-state index contributed by atoms with van der Waals surface area (Å²) >= 11 is 5.94. The number of ether oxygens (including phenoxy) is 3. The van der Waals surface area contributed by atoms with E-state index in [1.165, 1.54) is 68.8 Å².